The van der Waals surface area contributed by atoms with Crippen LogP contribution in [0, 0.1) is 12.8 Å². The van der Waals surface area contributed by atoms with E-state index in [1.807, 2.05) is 31.9 Å². The van der Waals surface area contributed by atoms with E-state index in [1.165, 1.54) is 0 Å². The van der Waals surface area contributed by atoms with E-state index in [9.17, 15) is 9.90 Å². The van der Waals surface area contributed by atoms with Crippen molar-refractivity contribution in [2.75, 3.05) is 13.1 Å². The summed E-state index contributed by atoms with van der Waals surface area (Å²) in [5.74, 6) is 1.32. The Bertz CT molecular complexity index is 467. The summed E-state index contributed by atoms with van der Waals surface area (Å²) in [6.45, 7) is 8.00. The second-order valence-corrected chi connectivity index (χ2v) is 6.12. The number of aliphatic hydroxyl groups is 1. The highest BCUT2D eigenvalue weighted by Crippen LogP contribution is 2.27. The van der Waals surface area contributed by atoms with E-state index in [0.717, 1.165) is 18.8 Å². The maximum absolute atomic E-state index is 12.2. The lowest BCUT2D eigenvalue weighted by molar-refractivity contribution is -0.138. The van der Waals surface area contributed by atoms with Gasteiger partial charge in [-0.15, -0.1) is 0 Å². The lowest BCUT2D eigenvalue weighted by Crippen LogP contribution is -2.50. The number of carbonyl (C=O) groups is 1. The van der Waals surface area contributed by atoms with Crippen LogP contribution in [0.15, 0.2) is 12.4 Å². The molecule has 1 aliphatic heterocycles. The minimum Gasteiger partial charge on any atom is -0.390 e. The zero-order chi connectivity index (χ0) is 14.8. The van der Waals surface area contributed by atoms with Crippen LogP contribution < -0.4 is 0 Å². The number of piperidine rings is 1. The highest BCUT2D eigenvalue weighted by Gasteiger charge is 2.35. The molecule has 0 spiro atoms. The summed E-state index contributed by atoms with van der Waals surface area (Å²) in [5.41, 5.74) is -0.634. The van der Waals surface area contributed by atoms with E-state index in [2.05, 4.69) is 9.55 Å². The zero-order valence-corrected chi connectivity index (χ0v) is 12.7. The normalized spacial score (nSPS) is 26.8. The van der Waals surface area contributed by atoms with Crippen LogP contribution in [-0.4, -0.2) is 44.2 Å². The van der Waals surface area contributed by atoms with Crippen LogP contribution in [0.5, 0.6) is 0 Å². The first-order valence-electron chi connectivity index (χ1n) is 7.38. The topological polar surface area (TPSA) is 58.4 Å². The summed E-state index contributed by atoms with van der Waals surface area (Å²) >= 11 is 0. The Kier molecular flexibility index (Phi) is 4.48. The average molecular weight is 279 g/mol. The quantitative estimate of drug-likeness (QED) is 0.910. The Labute approximate surface area is 120 Å². The highest BCUT2D eigenvalue weighted by molar-refractivity contribution is 5.76. The summed E-state index contributed by atoms with van der Waals surface area (Å²) in [6.07, 6.45) is 5.79. The Morgan fingerprint density at radius 1 is 1.60 bits per heavy atom. The van der Waals surface area contributed by atoms with E-state index < -0.39 is 5.60 Å². The Morgan fingerprint density at radius 3 is 2.95 bits per heavy atom. The number of carbonyl (C=O) groups excluding carboxylic acids is 1. The van der Waals surface area contributed by atoms with Gasteiger partial charge in [0.15, 0.2) is 0 Å². The molecule has 1 aliphatic rings. The van der Waals surface area contributed by atoms with Gasteiger partial charge in [-0.1, -0.05) is 6.92 Å². The van der Waals surface area contributed by atoms with Gasteiger partial charge in [-0.3, -0.25) is 4.79 Å². The fourth-order valence-corrected chi connectivity index (χ4v) is 2.65. The van der Waals surface area contributed by atoms with Gasteiger partial charge in [0.05, 0.1) is 5.60 Å². The summed E-state index contributed by atoms with van der Waals surface area (Å²) in [5, 5.41) is 10.1. The number of aromatic nitrogens is 2. The first-order valence-corrected chi connectivity index (χ1v) is 7.38. The van der Waals surface area contributed by atoms with Crippen LogP contribution in [0.4, 0.5) is 0 Å². The number of rotatable bonds is 4. The van der Waals surface area contributed by atoms with Crippen LogP contribution in [0.1, 0.15) is 38.9 Å². The third kappa shape index (κ3) is 3.39. The van der Waals surface area contributed by atoms with E-state index in [0.29, 0.717) is 25.9 Å². The fraction of sp³-hybridized carbons (Fsp3) is 0.733. The summed E-state index contributed by atoms with van der Waals surface area (Å²) in [6, 6.07) is 0. The van der Waals surface area contributed by atoms with Crippen molar-refractivity contribution in [3.8, 4) is 0 Å². The molecule has 1 N–H and O–H groups in total. The zero-order valence-electron chi connectivity index (χ0n) is 12.7. The molecule has 0 aliphatic carbocycles. The predicted molar refractivity (Wildman–Crippen MR) is 77.2 cm³/mol. The molecular weight excluding hydrogens is 254 g/mol. The van der Waals surface area contributed by atoms with Gasteiger partial charge in [0.1, 0.15) is 5.82 Å². The molecule has 1 aromatic rings. The molecule has 2 rings (SSSR count). The van der Waals surface area contributed by atoms with E-state index in [4.69, 9.17) is 0 Å². The smallest absolute Gasteiger partial charge is 0.222 e. The number of amides is 1. The van der Waals surface area contributed by atoms with Gasteiger partial charge in [-0.2, -0.15) is 0 Å². The lowest BCUT2D eigenvalue weighted by atomic mass is 9.84. The number of likely N-dealkylation sites (tertiary alicyclic amines) is 1. The first kappa shape index (κ1) is 15.0. The molecular formula is C15H25N3O2. The number of imidazole rings is 1. The summed E-state index contributed by atoms with van der Waals surface area (Å²) in [4.78, 5) is 18.2. The molecule has 20 heavy (non-hydrogen) atoms. The van der Waals surface area contributed by atoms with Crippen molar-refractivity contribution in [3.05, 3.63) is 18.2 Å². The molecule has 112 valence electrons. The molecule has 2 atom stereocenters. The minimum atomic E-state index is -0.634. The molecule has 0 aromatic carbocycles. The van der Waals surface area contributed by atoms with Crippen LogP contribution in [0.2, 0.25) is 0 Å². The van der Waals surface area contributed by atoms with Gasteiger partial charge in [-0.25, -0.2) is 4.98 Å². The van der Waals surface area contributed by atoms with Crippen molar-refractivity contribution in [2.24, 2.45) is 5.92 Å². The third-order valence-corrected chi connectivity index (χ3v) is 4.51. The van der Waals surface area contributed by atoms with Crippen molar-refractivity contribution in [3.63, 3.8) is 0 Å². The molecule has 0 saturated carbocycles. The number of hydrogen-bond acceptors (Lipinski definition) is 3. The number of aryl methyl sites for hydroxylation is 2. The predicted octanol–water partition coefficient (Wildman–Crippen LogP) is 1.59. The van der Waals surface area contributed by atoms with Gasteiger partial charge < -0.3 is 14.6 Å². The molecule has 0 bridgehead atoms. The average Bonchev–Trinajstić information content (AvgIpc) is 2.78. The maximum atomic E-state index is 12.2. The molecule has 1 amide bonds. The van der Waals surface area contributed by atoms with Crippen LogP contribution in [0.25, 0.3) is 0 Å². The van der Waals surface area contributed by atoms with Crippen molar-refractivity contribution in [1.29, 1.82) is 0 Å². The van der Waals surface area contributed by atoms with Gasteiger partial charge >= 0.3 is 0 Å². The van der Waals surface area contributed by atoms with Gasteiger partial charge in [0.2, 0.25) is 5.91 Å². The van der Waals surface area contributed by atoms with Gasteiger partial charge in [-0.05, 0) is 26.7 Å². The summed E-state index contributed by atoms with van der Waals surface area (Å²) in [7, 11) is 0. The van der Waals surface area contributed by atoms with E-state index >= 15 is 0 Å². The van der Waals surface area contributed by atoms with Crippen LogP contribution in [0.3, 0.4) is 0 Å². The maximum Gasteiger partial charge on any atom is 0.222 e. The van der Waals surface area contributed by atoms with Crippen LogP contribution >= 0.6 is 0 Å². The van der Waals surface area contributed by atoms with Crippen molar-refractivity contribution in [1.82, 2.24) is 14.5 Å². The fourth-order valence-electron chi connectivity index (χ4n) is 2.65. The van der Waals surface area contributed by atoms with Gasteiger partial charge in [0.25, 0.3) is 0 Å². The largest absolute Gasteiger partial charge is 0.390 e. The van der Waals surface area contributed by atoms with Crippen molar-refractivity contribution in [2.45, 2.75) is 52.2 Å². The monoisotopic (exact) mass is 279 g/mol. The SMILES string of the molecule is Cc1nccn1CCCC(=O)N1CC[C@@](C)(O)[C@@H](C)C1. The van der Waals surface area contributed by atoms with Crippen LogP contribution in [-0.2, 0) is 11.3 Å². The van der Waals surface area contributed by atoms with E-state index in [1.54, 1.807) is 6.20 Å². The second kappa shape index (κ2) is 5.95. The number of hydrogen-bond donors (Lipinski definition) is 1. The third-order valence-electron chi connectivity index (χ3n) is 4.51. The standard InChI is InChI=1S/C15H25N3O2/c1-12-11-18(9-6-15(12,3)20)14(19)5-4-8-17-10-7-16-13(17)2/h7,10,12,20H,4-6,8-9,11H2,1-3H3/t12-,15+/m0/s1. The van der Waals surface area contributed by atoms with Crippen molar-refractivity contribution >= 4 is 5.91 Å². The van der Waals surface area contributed by atoms with E-state index in [-0.39, 0.29) is 11.8 Å². The Morgan fingerprint density at radius 2 is 2.35 bits per heavy atom. The summed E-state index contributed by atoms with van der Waals surface area (Å²) < 4.78 is 2.07. The molecule has 5 heteroatoms. The minimum absolute atomic E-state index is 0.135. The van der Waals surface area contributed by atoms with Gasteiger partial charge in [0, 0.05) is 44.4 Å². The van der Waals surface area contributed by atoms with Crippen molar-refractivity contribution < 1.29 is 9.90 Å². The number of nitrogens with zero attached hydrogens (tertiary/aromatic N) is 3. The lowest BCUT2D eigenvalue weighted by Gasteiger charge is -2.41. The molecule has 1 fully saturated rings. The molecule has 0 unspecified atom stereocenters. The Balaban J connectivity index is 1.77. The molecule has 0 radical (unpaired) electrons. The second-order valence-electron chi connectivity index (χ2n) is 6.12. The molecule has 1 aromatic heterocycles. The Hall–Kier alpha value is -1.36. The molecule has 5 nitrogen and oxygen atoms in total. The highest BCUT2D eigenvalue weighted by atomic mass is 16.3. The molecule has 2 heterocycles. The first-order chi connectivity index (χ1) is 9.40. The molecule has 1 saturated heterocycles.